The fourth-order valence-corrected chi connectivity index (χ4v) is 3.03. The summed E-state index contributed by atoms with van der Waals surface area (Å²) >= 11 is 0. The lowest BCUT2D eigenvalue weighted by atomic mass is 10.0. The van der Waals surface area contributed by atoms with Crippen LogP contribution in [0.3, 0.4) is 0 Å². The highest BCUT2D eigenvalue weighted by atomic mass is 79.9. The summed E-state index contributed by atoms with van der Waals surface area (Å²) in [5.41, 5.74) is 2.04. The van der Waals surface area contributed by atoms with Gasteiger partial charge < -0.3 is 10.1 Å². The minimum atomic E-state index is -3.42. The Balaban J connectivity index is 0.00000200. The summed E-state index contributed by atoms with van der Waals surface area (Å²) in [5, 5.41) is 3.26. The molecule has 0 spiro atoms. The molecular formula is C13H18BrNO4S. The van der Waals surface area contributed by atoms with Crippen molar-refractivity contribution in [3.63, 3.8) is 0 Å². The Kier molecular flexibility index (Phi) is 5.73. The number of halogens is 1. The van der Waals surface area contributed by atoms with Crippen molar-refractivity contribution in [2.24, 2.45) is 0 Å². The Morgan fingerprint density at radius 2 is 1.75 bits per heavy atom. The SMILES string of the molecule is Br.CC(=O)Oc1cc2c(cc1S(C)(=O)=O)CCNCC2. The van der Waals surface area contributed by atoms with Crippen LogP contribution in [-0.2, 0) is 27.5 Å². The zero-order valence-corrected chi connectivity index (χ0v) is 14.0. The van der Waals surface area contributed by atoms with Gasteiger partial charge in [-0.05, 0) is 49.2 Å². The van der Waals surface area contributed by atoms with E-state index in [2.05, 4.69) is 5.32 Å². The quantitative estimate of drug-likeness (QED) is 0.632. The van der Waals surface area contributed by atoms with Crippen LogP contribution in [-0.4, -0.2) is 33.7 Å². The zero-order valence-electron chi connectivity index (χ0n) is 11.4. The number of esters is 1. The smallest absolute Gasteiger partial charge is 0.308 e. The summed E-state index contributed by atoms with van der Waals surface area (Å²) in [6.07, 6.45) is 2.70. The molecule has 5 nitrogen and oxygen atoms in total. The van der Waals surface area contributed by atoms with E-state index >= 15 is 0 Å². The lowest BCUT2D eigenvalue weighted by Gasteiger charge is -2.13. The molecule has 0 bridgehead atoms. The molecular weight excluding hydrogens is 346 g/mol. The Hall–Kier alpha value is -0.920. The van der Waals surface area contributed by atoms with Gasteiger partial charge in [-0.2, -0.15) is 0 Å². The van der Waals surface area contributed by atoms with Crippen molar-refractivity contribution < 1.29 is 17.9 Å². The number of benzene rings is 1. The fraction of sp³-hybridized carbons (Fsp3) is 0.462. The number of nitrogens with one attached hydrogen (secondary N) is 1. The minimum absolute atomic E-state index is 0. The van der Waals surface area contributed by atoms with E-state index in [4.69, 9.17) is 4.74 Å². The number of carbonyl (C=O) groups is 1. The zero-order chi connectivity index (χ0) is 14.0. The van der Waals surface area contributed by atoms with E-state index in [1.165, 1.54) is 6.92 Å². The third kappa shape index (κ3) is 4.04. The molecule has 7 heteroatoms. The van der Waals surface area contributed by atoms with Gasteiger partial charge in [-0.1, -0.05) is 0 Å². The van der Waals surface area contributed by atoms with Crippen molar-refractivity contribution in [1.29, 1.82) is 0 Å². The fourth-order valence-electron chi connectivity index (χ4n) is 2.21. The van der Waals surface area contributed by atoms with Gasteiger partial charge in [0.05, 0.1) is 0 Å². The first kappa shape index (κ1) is 17.1. The van der Waals surface area contributed by atoms with Gasteiger partial charge in [-0.3, -0.25) is 4.79 Å². The summed E-state index contributed by atoms with van der Waals surface area (Å²) in [7, 11) is -3.42. The molecule has 0 aliphatic carbocycles. The monoisotopic (exact) mass is 363 g/mol. The maximum atomic E-state index is 11.8. The normalized spacial score (nSPS) is 14.7. The predicted molar refractivity (Wildman–Crippen MR) is 81.5 cm³/mol. The lowest BCUT2D eigenvalue weighted by molar-refractivity contribution is -0.132. The van der Waals surface area contributed by atoms with Gasteiger partial charge in [0.15, 0.2) is 9.84 Å². The molecule has 0 aromatic heterocycles. The number of hydrogen-bond acceptors (Lipinski definition) is 5. The highest BCUT2D eigenvalue weighted by molar-refractivity contribution is 8.93. The summed E-state index contributed by atoms with van der Waals surface area (Å²) in [5.74, 6) is -0.382. The molecule has 0 amide bonds. The Morgan fingerprint density at radius 1 is 1.20 bits per heavy atom. The number of carbonyl (C=O) groups excluding carboxylic acids is 1. The van der Waals surface area contributed by atoms with Crippen molar-refractivity contribution in [2.75, 3.05) is 19.3 Å². The highest BCUT2D eigenvalue weighted by Gasteiger charge is 2.20. The Labute approximate surface area is 129 Å². The highest BCUT2D eigenvalue weighted by Crippen LogP contribution is 2.29. The van der Waals surface area contributed by atoms with Gasteiger partial charge in [0.1, 0.15) is 10.6 Å². The number of fused-ring (bicyclic) bond motifs is 1. The minimum Gasteiger partial charge on any atom is -0.425 e. The summed E-state index contributed by atoms with van der Waals surface area (Å²) in [4.78, 5) is 11.2. The molecule has 0 atom stereocenters. The second-order valence-electron chi connectivity index (χ2n) is 4.68. The average Bonchev–Trinajstić information content (AvgIpc) is 2.50. The molecule has 0 saturated carbocycles. The third-order valence-corrected chi connectivity index (χ3v) is 4.18. The van der Waals surface area contributed by atoms with Crippen LogP contribution in [0.1, 0.15) is 18.1 Å². The molecule has 1 heterocycles. The number of rotatable bonds is 2. The molecule has 0 fully saturated rings. The van der Waals surface area contributed by atoms with Crippen molar-refractivity contribution in [3.05, 3.63) is 23.3 Å². The van der Waals surface area contributed by atoms with E-state index in [0.29, 0.717) is 0 Å². The summed E-state index contributed by atoms with van der Waals surface area (Å²) < 4.78 is 28.6. The first-order chi connectivity index (χ1) is 8.88. The lowest BCUT2D eigenvalue weighted by Crippen LogP contribution is -2.16. The van der Waals surface area contributed by atoms with E-state index < -0.39 is 15.8 Å². The third-order valence-electron chi connectivity index (χ3n) is 3.06. The van der Waals surface area contributed by atoms with Gasteiger partial charge in [0.25, 0.3) is 0 Å². The van der Waals surface area contributed by atoms with Crippen molar-refractivity contribution in [2.45, 2.75) is 24.7 Å². The van der Waals surface area contributed by atoms with E-state index in [1.54, 1.807) is 12.1 Å². The molecule has 1 N–H and O–H groups in total. The first-order valence-corrected chi connectivity index (χ1v) is 8.02. The molecule has 1 aliphatic heterocycles. The Morgan fingerprint density at radius 3 is 2.25 bits per heavy atom. The van der Waals surface area contributed by atoms with E-state index in [-0.39, 0.29) is 27.6 Å². The van der Waals surface area contributed by atoms with Gasteiger partial charge >= 0.3 is 5.97 Å². The maximum absolute atomic E-state index is 11.8. The second-order valence-corrected chi connectivity index (χ2v) is 6.67. The van der Waals surface area contributed by atoms with Crippen LogP contribution < -0.4 is 10.1 Å². The molecule has 1 aromatic carbocycles. The topological polar surface area (TPSA) is 72.5 Å². The first-order valence-electron chi connectivity index (χ1n) is 6.13. The van der Waals surface area contributed by atoms with Gasteiger partial charge in [-0.25, -0.2) is 8.42 Å². The summed E-state index contributed by atoms with van der Waals surface area (Å²) in [6, 6.07) is 3.32. The van der Waals surface area contributed by atoms with Crippen LogP contribution in [0.15, 0.2) is 17.0 Å². The van der Waals surface area contributed by atoms with Crippen LogP contribution in [0.2, 0.25) is 0 Å². The second kappa shape index (κ2) is 6.69. The predicted octanol–water partition coefficient (Wildman–Crippen LogP) is 1.28. The molecule has 1 aromatic rings. The van der Waals surface area contributed by atoms with Crippen molar-refractivity contribution in [3.8, 4) is 5.75 Å². The van der Waals surface area contributed by atoms with E-state index in [1.807, 2.05) is 0 Å². The number of hydrogen-bond donors (Lipinski definition) is 1. The van der Waals surface area contributed by atoms with Gasteiger partial charge in [-0.15, -0.1) is 17.0 Å². The molecule has 1 aliphatic rings. The van der Waals surface area contributed by atoms with Crippen LogP contribution in [0.25, 0.3) is 0 Å². The molecule has 2 rings (SSSR count). The van der Waals surface area contributed by atoms with E-state index in [9.17, 15) is 13.2 Å². The number of ether oxygens (including phenoxy) is 1. The van der Waals surface area contributed by atoms with Crippen LogP contribution in [0, 0.1) is 0 Å². The van der Waals surface area contributed by atoms with Crippen molar-refractivity contribution >= 4 is 32.8 Å². The number of sulfone groups is 1. The van der Waals surface area contributed by atoms with Gasteiger partial charge in [0.2, 0.25) is 0 Å². The van der Waals surface area contributed by atoms with E-state index in [0.717, 1.165) is 43.3 Å². The van der Waals surface area contributed by atoms with Crippen LogP contribution in [0.4, 0.5) is 0 Å². The maximum Gasteiger partial charge on any atom is 0.308 e. The average molecular weight is 364 g/mol. The molecule has 20 heavy (non-hydrogen) atoms. The van der Waals surface area contributed by atoms with Gasteiger partial charge in [0, 0.05) is 13.2 Å². The molecule has 0 unspecified atom stereocenters. The molecule has 0 radical (unpaired) electrons. The van der Waals surface area contributed by atoms with Crippen LogP contribution >= 0.6 is 17.0 Å². The molecule has 0 saturated heterocycles. The molecule has 112 valence electrons. The van der Waals surface area contributed by atoms with Crippen molar-refractivity contribution in [1.82, 2.24) is 5.32 Å². The standard InChI is InChI=1S/C13H17NO4S.BrH/c1-9(15)18-12-7-10-3-5-14-6-4-11(10)8-13(12)19(2,16)17;/h7-8,14H,3-6H2,1-2H3;1H. The van der Waals surface area contributed by atoms with Crippen LogP contribution in [0.5, 0.6) is 5.75 Å². The largest absolute Gasteiger partial charge is 0.425 e. The summed E-state index contributed by atoms with van der Waals surface area (Å²) in [6.45, 7) is 2.92. The Bertz CT molecular complexity index is 613.